The Bertz CT molecular complexity index is 571. The fourth-order valence-electron chi connectivity index (χ4n) is 1.66. The molecule has 0 aliphatic rings. The van der Waals surface area contributed by atoms with Crippen molar-refractivity contribution in [3.8, 4) is 0 Å². The highest BCUT2D eigenvalue weighted by molar-refractivity contribution is 7.15. The van der Waals surface area contributed by atoms with Gasteiger partial charge in [-0.15, -0.1) is 11.3 Å². The SMILES string of the molecule is CCOC(=O)Cc1nc2scc(C)n2c1C=O. The average Bonchev–Trinajstić information content (AvgIpc) is 2.79. The molecule has 5 nitrogen and oxygen atoms in total. The first kappa shape index (κ1) is 11.8. The van der Waals surface area contributed by atoms with Crippen LogP contribution in [0.2, 0.25) is 0 Å². The van der Waals surface area contributed by atoms with E-state index in [-0.39, 0.29) is 12.4 Å². The highest BCUT2D eigenvalue weighted by atomic mass is 32.1. The Kier molecular flexibility index (Phi) is 3.23. The van der Waals surface area contributed by atoms with Gasteiger partial charge in [0.2, 0.25) is 0 Å². The van der Waals surface area contributed by atoms with E-state index in [0.717, 1.165) is 16.9 Å². The Balaban J connectivity index is 2.40. The number of rotatable bonds is 4. The fourth-order valence-corrected chi connectivity index (χ4v) is 2.56. The number of carbonyl (C=O) groups excluding carboxylic acids is 2. The van der Waals surface area contributed by atoms with E-state index in [0.29, 0.717) is 18.0 Å². The molecule has 90 valence electrons. The first-order chi connectivity index (χ1) is 8.17. The van der Waals surface area contributed by atoms with Crippen LogP contribution in [0, 0.1) is 6.92 Å². The predicted octanol–water partition coefficient (Wildman–Crippen LogP) is 1.62. The van der Waals surface area contributed by atoms with Gasteiger partial charge in [-0.2, -0.15) is 0 Å². The van der Waals surface area contributed by atoms with E-state index >= 15 is 0 Å². The number of thiazole rings is 1. The molecular weight excluding hydrogens is 240 g/mol. The van der Waals surface area contributed by atoms with Crippen LogP contribution in [0.5, 0.6) is 0 Å². The van der Waals surface area contributed by atoms with Crippen molar-refractivity contribution in [2.75, 3.05) is 6.61 Å². The molecule has 2 heterocycles. The summed E-state index contributed by atoms with van der Waals surface area (Å²) in [7, 11) is 0. The predicted molar refractivity (Wildman–Crippen MR) is 63.5 cm³/mol. The van der Waals surface area contributed by atoms with Gasteiger partial charge in [-0.25, -0.2) is 4.98 Å². The molecule has 2 aromatic heterocycles. The minimum Gasteiger partial charge on any atom is -0.466 e. The van der Waals surface area contributed by atoms with Crippen LogP contribution in [0.4, 0.5) is 0 Å². The zero-order valence-electron chi connectivity index (χ0n) is 9.60. The van der Waals surface area contributed by atoms with Crippen LogP contribution < -0.4 is 0 Å². The molecule has 0 aromatic carbocycles. The summed E-state index contributed by atoms with van der Waals surface area (Å²) in [4.78, 5) is 27.5. The summed E-state index contributed by atoms with van der Waals surface area (Å²) in [6.07, 6.45) is 0.768. The quantitative estimate of drug-likeness (QED) is 0.613. The molecule has 0 aliphatic heterocycles. The average molecular weight is 252 g/mol. The minimum absolute atomic E-state index is 0.0375. The molecule has 0 N–H and O–H groups in total. The summed E-state index contributed by atoms with van der Waals surface area (Å²) in [5, 5.41) is 1.92. The van der Waals surface area contributed by atoms with E-state index in [1.807, 2.05) is 12.3 Å². The van der Waals surface area contributed by atoms with Gasteiger partial charge < -0.3 is 4.74 Å². The summed E-state index contributed by atoms with van der Waals surface area (Å²) >= 11 is 1.45. The largest absolute Gasteiger partial charge is 0.466 e. The van der Waals surface area contributed by atoms with Crippen LogP contribution in [0.3, 0.4) is 0 Å². The molecule has 17 heavy (non-hydrogen) atoms. The molecule has 0 fully saturated rings. The molecule has 0 radical (unpaired) electrons. The number of esters is 1. The van der Waals surface area contributed by atoms with Crippen molar-refractivity contribution in [1.82, 2.24) is 9.38 Å². The minimum atomic E-state index is -0.362. The number of fused-ring (bicyclic) bond motifs is 1. The number of imidazole rings is 1. The third-order valence-corrected chi connectivity index (χ3v) is 3.32. The lowest BCUT2D eigenvalue weighted by molar-refractivity contribution is -0.142. The van der Waals surface area contributed by atoms with Crippen LogP contribution >= 0.6 is 11.3 Å². The lowest BCUT2D eigenvalue weighted by Gasteiger charge is -2.00. The second-order valence-electron chi connectivity index (χ2n) is 3.54. The molecule has 0 unspecified atom stereocenters. The van der Waals surface area contributed by atoms with Gasteiger partial charge in [0.15, 0.2) is 11.2 Å². The standard InChI is InChI=1S/C11H12N2O3S/c1-3-16-10(15)4-8-9(5-14)13-7(2)6-17-11(13)12-8/h5-6H,3-4H2,1-2H3. The zero-order chi connectivity index (χ0) is 12.4. The second-order valence-corrected chi connectivity index (χ2v) is 4.38. The summed E-state index contributed by atoms with van der Waals surface area (Å²) < 4.78 is 6.60. The number of ether oxygens (including phenoxy) is 1. The molecule has 0 aliphatic carbocycles. The van der Waals surface area contributed by atoms with Crippen LogP contribution in [0.25, 0.3) is 4.96 Å². The van der Waals surface area contributed by atoms with E-state index in [9.17, 15) is 9.59 Å². The van der Waals surface area contributed by atoms with Gasteiger partial charge in [0.05, 0.1) is 18.7 Å². The van der Waals surface area contributed by atoms with Gasteiger partial charge in [0, 0.05) is 11.1 Å². The summed E-state index contributed by atoms with van der Waals surface area (Å²) in [6.45, 7) is 3.97. The number of aromatic nitrogens is 2. The van der Waals surface area contributed by atoms with Crippen molar-refractivity contribution in [1.29, 1.82) is 0 Å². The fraction of sp³-hybridized carbons (Fsp3) is 0.364. The smallest absolute Gasteiger partial charge is 0.311 e. The maximum absolute atomic E-state index is 11.4. The maximum atomic E-state index is 11.4. The Morgan fingerprint density at radius 1 is 1.65 bits per heavy atom. The van der Waals surface area contributed by atoms with Crippen molar-refractivity contribution in [3.63, 3.8) is 0 Å². The third-order valence-electron chi connectivity index (χ3n) is 2.37. The van der Waals surface area contributed by atoms with E-state index in [2.05, 4.69) is 4.98 Å². The molecule has 2 rings (SSSR count). The first-order valence-corrected chi connectivity index (χ1v) is 6.11. The number of nitrogens with zero attached hydrogens (tertiary/aromatic N) is 2. The summed E-state index contributed by atoms with van der Waals surface area (Å²) in [5.41, 5.74) is 1.86. The molecule has 0 saturated carbocycles. The zero-order valence-corrected chi connectivity index (χ0v) is 10.4. The van der Waals surface area contributed by atoms with Crippen LogP contribution in [0.1, 0.15) is 28.8 Å². The Labute approximate surface area is 102 Å². The third kappa shape index (κ3) is 2.08. The molecule has 0 amide bonds. The van der Waals surface area contributed by atoms with Crippen molar-refractivity contribution >= 4 is 28.6 Å². The molecule has 0 saturated heterocycles. The molecule has 6 heteroatoms. The number of aryl methyl sites for hydroxylation is 1. The lowest BCUT2D eigenvalue weighted by atomic mass is 10.2. The van der Waals surface area contributed by atoms with Gasteiger partial charge >= 0.3 is 5.97 Å². The lowest BCUT2D eigenvalue weighted by Crippen LogP contribution is -2.09. The van der Waals surface area contributed by atoms with Crippen LogP contribution in [0.15, 0.2) is 5.38 Å². The monoisotopic (exact) mass is 252 g/mol. The van der Waals surface area contributed by atoms with Crippen molar-refractivity contribution < 1.29 is 14.3 Å². The molecule has 2 aromatic rings. The topological polar surface area (TPSA) is 60.7 Å². The van der Waals surface area contributed by atoms with Gasteiger partial charge in [-0.3, -0.25) is 14.0 Å². The van der Waals surface area contributed by atoms with Crippen LogP contribution in [-0.2, 0) is 16.0 Å². The van der Waals surface area contributed by atoms with Gasteiger partial charge in [0.25, 0.3) is 0 Å². The van der Waals surface area contributed by atoms with Crippen molar-refractivity contribution in [2.24, 2.45) is 0 Å². The van der Waals surface area contributed by atoms with E-state index in [4.69, 9.17) is 4.74 Å². The van der Waals surface area contributed by atoms with Gasteiger partial charge in [-0.05, 0) is 13.8 Å². The van der Waals surface area contributed by atoms with Crippen molar-refractivity contribution in [3.05, 3.63) is 22.5 Å². The summed E-state index contributed by atoms with van der Waals surface area (Å²) in [6, 6.07) is 0. The van der Waals surface area contributed by atoms with Crippen LogP contribution in [-0.4, -0.2) is 28.2 Å². The summed E-state index contributed by atoms with van der Waals surface area (Å²) in [5.74, 6) is -0.362. The molecular formula is C11H12N2O3S. The maximum Gasteiger partial charge on any atom is 0.311 e. The highest BCUT2D eigenvalue weighted by Gasteiger charge is 2.17. The molecule has 0 spiro atoms. The number of hydrogen-bond acceptors (Lipinski definition) is 5. The Morgan fingerprint density at radius 3 is 3.06 bits per heavy atom. The first-order valence-electron chi connectivity index (χ1n) is 5.23. The van der Waals surface area contributed by atoms with E-state index in [1.54, 1.807) is 11.3 Å². The Hall–Kier alpha value is -1.69. The number of hydrogen-bond donors (Lipinski definition) is 0. The van der Waals surface area contributed by atoms with E-state index < -0.39 is 0 Å². The number of carbonyl (C=O) groups is 2. The molecule has 0 bridgehead atoms. The Morgan fingerprint density at radius 2 is 2.41 bits per heavy atom. The normalized spacial score (nSPS) is 10.7. The highest BCUT2D eigenvalue weighted by Crippen LogP contribution is 2.20. The van der Waals surface area contributed by atoms with Crippen molar-refractivity contribution in [2.45, 2.75) is 20.3 Å². The number of aldehydes is 1. The van der Waals surface area contributed by atoms with Gasteiger partial charge in [-0.1, -0.05) is 0 Å². The second kappa shape index (κ2) is 4.67. The van der Waals surface area contributed by atoms with E-state index in [1.165, 1.54) is 11.3 Å². The van der Waals surface area contributed by atoms with Gasteiger partial charge in [0.1, 0.15) is 5.69 Å². The molecule has 0 atom stereocenters.